The molecule has 0 spiro atoms. The summed E-state index contributed by atoms with van der Waals surface area (Å²) >= 11 is 13.4. The molecule has 1 heterocycles. The highest BCUT2D eigenvalue weighted by Gasteiger charge is 2.13. The lowest BCUT2D eigenvalue weighted by atomic mass is 10.0. The number of rotatable bonds is 4. The van der Waals surface area contributed by atoms with Crippen LogP contribution in [-0.4, -0.2) is 7.11 Å². The Morgan fingerprint density at radius 2 is 2.06 bits per heavy atom. The molecule has 0 saturated carbocycles. The van der Waals surface area contributed by atoms with Crippen molar-refractivity contribution < 1.29 is 4.74 Å². The second-order valence-corrected chi connectivity index (χ2v) is 6.09. The largest absolute Gasteiger partial charge is 0.496 e. The topological polar surface area (TPSA) is 35.2 Å². The molecule has 0 aliphatic rings. The first-order valence-corrected chi connectivity index (χ1v) is 7.00. The molecule has 0 amide bonds. The highest BCUT2D eigenvalue weighted by Crippen LogP contribution is 2.31. The Bertz CT molecular complexity index is 542. The van der Waals surface area contributed by atoms with Gasteiger partial charge in [-0.25, -0.2) is 0 Å². The quantitative estimate of drug-likeness (QED) is 0.913. The third kappa shape index (κ3) is 3.18. The van der Waals surface area contributed by atoms with E-state index in [1.54, 1.807) is 13.2 Å². The highest BCUT2D eigenvalue weighted by molar-refractivity contribution is 7.16. The second-order valence-electron chi connectivity index (χ2n) is 3.91. The van der Waals surface area contributed by atoms with Gasteiger partial charge in [-0.05, 0) is 42.3 Å². The van der Waals surface area contributed by atoms with Crippen molar-refractivity contribution in [1.82, 2.24) is 0 Å². The van der Waals surface area contributed by atoms with Crippen LogP contribution >= 0.6 is 34.5 Å². The maximum atomic E-state index is 6.17. The summed E-state index contributed by atoms with van der Waals surface area (Å²) in [5.74, 6) is 0.803. The summed E-state index contributed by atoms with van der Waals surface area (Å²) in [6.45, 7) is 0. The van der Waals surface area contributed by atoms with Crippen molar-refractivity contribution in [3.8, 4) is 5.75 Å². The monoisotopic (exact) mass is 301 g/mol. The fourth-order valence-electron chi connectivity index (χ4n) is 1.77. The first-order chi connectivity index (χ1) is 8.60. The lowest BCUT2D eigenvalue weighted by Crippen LogP contribution is -2.12. The van der Waals surface area contributed by atoms with E-state index < -0.39 is 0 Å². The SMILES string of the molecule is COc1ccc(Cl)cc1CC(N)c1ccc(Cl)s1. The molecule has 2 rings (SSSR count). The zero-order valence-electron chi connectivity index (χ0n) is 9.82. The van der Waals surface area contributed by atoms with E-state index in [9.17, 15) is 0 Å². The van der Waals surface area contributed by atoms with E-state index in [0.29, 0.717) is 11.4 Å². The molecule has 0 radical (unpaired) electrons. The van der Waals surface area contributed by atoms with E-state index in [1.807, 2.05) is 24.3 Å². The van der Waals surface area contributed by atoms with Crippen molar-refractivity contribution in [2.24, 2.45) is 5.73 Å². The van der Waals surface area contributed by atoms with E-state index in [0.717, 1.165) is 20.5 Å². The average Bonchev–Trinajstić information content (AvgIpc) is 2.76. The summed E-state index contributed by atoms with van der Waals surface area (Å²) in [4.78, 5) is 1.06. The third-order valence-electron chi connectivity index (χ3n) is 2.64. The van der Waals surface area contributed by atoms with Crippen LogP contribution in [0.1, 0.15) is 16.5 Å². The molecule has 2 N–H and O–H groups in total. The van der Waals surface area contributed by atoms with E-state index in [-0.39, 0.29) is 6.04 Å². The van der Waals surface area contributed by atoms with Gasteiger partial charge in [-0.2, -0.15) is 0 Å². The van der Waals surface area contributed by atoms with Crippen molar-refractivity contribution in [2.45, 2.75) is 12.5 Å². The van der Waals surface area contributed by atoms with E-state index in [1.165, 1.54) is 11.3 Å². The normalized spacial score (nSPS) is 12.4. The van der Waals surface area contributed by atoms with Crippen LogP contribution in [-0.2, 0) is 6.42 Å². The molecule has 1 aromatic heterocycles. The predicted molar refractivity (Wildman–Crippen MR) is 78.0 cm³/mol. The van der Waals surface area contributed by atoms with Crippen LogP contribution in [0.2, 0.25) is 9.36 Å². The van der Waals surface area contributed by atoms with Gasteiger partial charge >= 0.3 is 0 Å². The summed E-state index contributed by atoms with van der Waals surface area (Å²) in [6.07, 6.45) is 0.667. The molecule has 2 aromatic rings. The molecule has 1 unspecified atom stereocenters. The minimum Gasteiger partial charge on any atom is -0.496 e. The van der Waals surface area contributed by atoms with Gasteiger partial charge in [0.2, 0.25) is 0 Å². The van der Waals surface area contributed by atoms with Crippen molar-refractivity contribution in [1.29, 1.82) is 0 Å². The summed E-state index contributed by atoms with van der Waals surface area (Å²) in [7, 11) is 1.64. The van der Waals surface area contributed by atoms with Crippen LogP contribution in [0.4, 0.5) is 0 Å². The molecule has 0 saturated heterocycles. The molecule has 0 aliphatic heterocycles. The maximum Gasteiger partial charge on any atom is 0.122 e. The van der Waals surface area contributed by atoms with Crippen LogP contribution in [0, 0.1) is 0 Å². The molecule has 0 fully saturated rings. The van der Waals surface area contributed by atoms with Gasteiger partial charge in [0.25, 0.3) is 0 Å². The van der Waals surface area contributed by atoms with Gasteiger partial charge in [0.15, 0.2) is 0 Å². The molecular weight excluding hydrogens is 289 g/mol. The Labute approximate surface area is 120 Å². The smallest absolute Gasteiger partial charge is 0.122 e. The minimum absolute atomic E-state index is 0.102. The summed E-state index contributed by atoms with van der Waals surface area (Å²) < 4.78 is 6.05. The fourth-order valence-corrected chi connectivity index (χ4v) is 3.03. The standard InChI is InChI=1S/C13H13Cl2NOS/c1-17-11-3-2-9(14)6-8(11)7-10(16)12-4-5-13(15)18-12/h2-6,10H,7,16H2,1H3. The number of methoxy groups -OCH3 is 1. The van der Waals surface area contributed by atoms with Gasteiger partial charge in [-0.15, -0.1) is 11.3 Å². The summed E-state index contributed by atoms with van der Waals surface area (Å²) in [5.41, 5.74) is 7.17. The van der Waals surface area contributed by atoms with Crippen molar-refractivity contribution in [2.75, 3.05) is 7.11 Å². The highest BCUT2D eigenvalue weighted by atomic mass is 35.5. The van der Waals surface area contributed by atoms with E-state index >= 15 is 0 Å². The van der Waals surface area contributed by atoms with E-state index in [2.05, 4.69) is 0 Å². The third-order valence-corrected chi connectivity index (χ3v) is 4.24. The molecule has 18 heavy (non-hydrogen) atoms. The van der Waals surface area contributed by atoms with Gasteiger partial charge in [-0.3, -0.25) is 0 Å². The first-order valence-electron chi connectivity index (χ1n) is 5.43. The molecule has 96 valence electrons. The Hall–Kier alpha value is -0.740. The molecule has 5 heteroatoms. The van der Waals surface area contributed by atoms with Crippen LogP contribution < -0.4 is 10.5 Å². The molecule has 1 atom stereocenters. The molecule has 0 aliphatic carbocycles. The molecular formula is C13H13Cl2NOS. The summed E-state index contributed by atoms with van der Waals surface area (Å²) in [5, 5.41) is 0.683. The predicted octanol–water partition coefficient (Wildman–Crippen LogP) is 4.31. The average molecular weight is 302 g/mol. The maximum absolute atomic E-state index is 6.17. The lowest BCUT2D eigenvalue weighted by Gasteiger charge is -2.13. The number of thiophene rings is 1. The zero-order chi connectivity index (χ0) is 13.1. The van der Waals surface area contributed by atoms with Gasteiger partial charge in [-0.1, -0.05) is 23.2 Å². The van der Waals surface area contributed by atoms with Crippen LogP contribution in [0.25, 0.3) is 0 Å². The number of nitrogens with two attached hydrogens (primary N) is 1. The number of benzene rings is 1. The van der Waals surface area contributed by atoms with Gasteiger partial charge in [0, 0.05) is 15.9 Å². The van der Waals surface area contributed by atoms with Crippen LogP contribution in [0.5, 0.6) is 5.75 Å². The lowest BCUT2D eigenvalue weighted by molar-refractivity contribution is 0.408. The number of ether oxygens (including phenoxy) is 1. The summed E-state index contributed by atoms with van der Waals surface area (Å²) in [6, 6.07) is 9.25. The molecule has 1 aromatic carbocycles. The Morgan fingerprint density at radius 3 is 2.67 bits per heavy atom. The zero-order valence-corrected chi connectivity index (χ0v) is 12.1. The van der Waals surface area contributed by atoms with Crippen molar-refractivity contribution >= 4 is 34.5 Å². The second kappa shape index (κ2) is 5.93. The molecule has 0 bridgehead atoms. The minimum atomic E-state index is -0.102. The Balaban J connectivity index is 2.20. The van der Waals surface area contributed by atoms with Gasteiger partial charge < -0.3 is 10.5 Å². The first kappa shape index (κ1) is 13.7. The van der Waals surface area contributed by atoms with Crippen molar-refractivity contribution in [3.63, 3.8) is 0 Å². The Morgan fingerprint density at radius 1 is 1.28 bits per heavy atom. The number of hydrogen-bond acceptors (Lipinski definition) is 3. The Kier molecular flexibility index (Phi) is 4.51. The molecule has 2 nitrogen and oxygen atoms in total. The van der Waals surface area contributed by atoms with Crippen LogP contribution in [0.3, 0.4) is 0 Å². The van der Waals surface area contributed by atoms with E-state index in [4.69, 9.17) is 33.7 Å². The van der Waals surface area contributed by atoms with Crippen molar-refractivity contribution in [3.05, 3.63) is 50.1 Å². The van der Waals surface area contributed by atoms with Crippen LogP contribution in [0.15, 0.2) is 30.3 Å². The number of halogens is 2. The van der Waals surface area contributed by atoms with Gasteiger partial charge in [0.05, 0.1) is 11.4 Å². The number of hydrogen-bond donors (Lipinski definition) is 1. The van der Waals surface area contributed by atoms with Gasteiger partial charge in [0.1, 0.15) is 5.75 Å². The fraction of sp³-hybridized carbons (Fsp3) is 0.231.